The number of fused-ring (bicyclic) bond motifs is 1. The van der Waals surface area contributed by atoms with Gasteiger partial charge in [-0.3, -0.25) is 9.10 Å². The number of hydrogen-bond donors (Lipinski definition) is 0. The largest absolute Gasteiger partial charge is 0.486 e. The van der Waals surface area contributed by atoms with E-state index in [1.165, 1.54) is 41.3 Å². The molecule has 0 radical (unpaired) electrons. The molecule has 1 aliphatic heterocycles. The van der Waals surface area contributed by atoms with Crippen LogP contribution < -0.4 is 13.8 Å². The van der Waals surface area contributed by atoms with Crippen molar-refractivity contribution in [2.24, 2.45) is 0 Å². The Morgan fingerprint density at radius 1 is 1.03 bits per heavy atom. The zero-order valence-corrected chi connectivity index (χ0v) is 17.1. The summed E-state index contributed by atoms with van der Waals surface area (Å²) in [6.45, 7) is 4.75. The fraction of sp³-hybridized carbons (Fsp3) is 0.350. The van der Waals surface area contributed by atoms with E-state index in [0.29, 0.717) is 37.8 Å². The molecule has 0 saturated carbocycles. The van der Waals surface area contributed by atoms with E-state index in [2.05, 4.69) is 0 Å². The number of rotatable bonds is 7. The molecule has 1 heterocycles. The van der Waals surface area contributed by atoms with Crippen LogP contribution in [0.25, 0.3) is 0 Å². The molecule has 0 spiro atoms. The van der Waals surface area contributed by atoms with Crippen molar-refractivity contribution in [3.05, 3.63) is 48.3 Å². The summed E-state index contributed by atoms with van der Waals surface area (Å²) in [5.74, 6) is -0.209. The molecule has 0 aromatic heterocycles. The number of ether oxygens (including phenoxy) is 2. The Kier molecular flexibility index (Phi) is 6.26. The minimum absolute atomic E-state index is 0.0698. The summed E-state index contributed by atoms with van der Waals surface area (Å²) in [5.41, 5.74) is 0.0698. The number of hydrogen-bond acceptors (Lipinski definition) is 5. The lowest BCUT2D eigenvalue weighted by molar-refractivity contribution is -0.129. The van der Waals surface area contributed by atoms with Crippen molar-refractivity contribution in [2.75, 3.05) is 37.2 Å². The maximum atomic E-state index is 13.8. The van der Waals surface area contributed by atoms with Crippen LogP contribution in [-0.2, 0) is 14.8 Å². The van der Waals surface area contributed by atoms with Gasteiger partial charge in [0.1, 0.15) is 25.6 Å². The Balaban J connectivity index is 2.03. The van der Waals surface area contributed by atoms with Crippen LogP contribution in [0, 0.1) is 5.82 Å². The fourth-order valence-electron chi connectivity index (χ4n) is 3.06. The van der Waals surface area contributed by atoms with Gasteiger partial charge in [-0.05, 0) is 44.2 Å². The lowest BCUT2D eigenvalue weighted by atomic mass is 10.3. The molecule has 0 N–H and O–H groups in total. The van der Waals surface area contributed by atoms with E-state index in [-0.39, 0.29) is 16.5 Å². The minimum Gasteiger partial charge on any atom is -0.486 e. The van der Waals surface area contributed by atoms with Crippen molar-refractivity contribution in [2.45, 2.75) is 18.7 Å². The third-order valence-electron chi connectivity index (χ3n) is 4.59. The molecule has 29 heavy (non-hydrogen) atoms. The first-order valence-corrected chi connectivity index (χ1v) is 10.8. The summed E-state index contributed by atoms with van der Waals surface area (Å²) < 4.78 is 52.4. The maximum absolute atomic E-state index is 13.8. The highest BCUT2D eigenvalue weighted by molar-refractivity contribution is 7.92. The van der Waals surface area contributed by atoms with Crippen molar-refractivity contribution in [1.29, 1.82) is 0 Å². The Labute approximate surface area is 169 Å². The number of carbonyl (C=O) groups is 1. The van der Waals surface area contributed by atoms with E-state index in [1.54, 1.807) is 0 Å². The highest BCUT2D eigenvalue weighted by Gasteiger charge is 2.30. The molecular formula is C20H23FN2O5S. The van der Waals surface area contributed by atoms with Crippen LogP contribution in [0.5, 0.6) is 11.5 Å². The fourth-order valence-corrected chi connectivity index (χ4v) is 4.48. The van der Waals surface area contributed by atoms with Crippen molar-refractivity contribution < 1.29 is 27.1 Å². The smallest absolute Gasteiger partial charge is 0.264 e. The summed E-state index contributed by atoms with van der Waals surface area (Å²) >= 11 is 0. The van der Waals surface area contributed by atoms with Gasteiger partial charge in [-0.1, -0.05) is 6.07 Å². The molecule has 156 valence electrons. The third-order valence-corrected chi connectivity index (χ3v) is 6.36. The zero-order chi connectivity index (χ0) is 21.0. The van der Waals surface area contributed by atoms with Gasteiger partial charge in [0.25, 0.3) is 10.0 Å². The lowest BCUT2D eigenvalue weighted by Gasteiger charge is -2.28. The third kappa shape index (κ3) is 4.45. The molecule has 1 aliphatic rings. The molecule has 3 rings (SSSR count). The summed E-state index contributed by atoms with van der Waals surface area (Å²) in [5, 5.41) is 0. The van der Waals surface area contributed by atoms with E-state index < -0.39 is 22.4 Å². The predicted octanol–water partition coefficient (Wildman–Crippen LogP) is 2.66. The van der Waals surface area contributed by atoms with Gasteiger partial charge in [-0.25, -0.2) is 12.8 Å². The normalized spacial score (nSPS) is 13.1. The number of nitrogens with zero attached hydrogens (tertiary/aromatic N) is 2. The van der Waals surface area contributed by atoms with Gasteiger partial charge < -0.3 is 14.4 Å². The van der Waals surface area contributed by atoms with Crippen LogP contribution in [0.3, 0.4) is 0 Å². The summed E-state index contributed by atoms with van der Waals surface area (Å²) in [6.07, 6.45) is 0. The number of benzene rings is 2. The second kappa shape index (κ2) is 8.69. The molecule has 0 fully saturated rings. The second-order valence-corrected chi connectivity index (χ2v) is 8.23. The monoisotopic (exact) mass is 422 g/mol. The van der Waals surface area contributed by atoms with Gasteiger partial charge in [0, 0.05) is 19.2 Å². The summed E-state index contributed by atoms with van der Waals surface area (Å²) in [6, 6.07) is 9.41. The first kappa shape index (κ1) is 20.9. The average molecular weight is 422 g/mol. The Morgan fingerprint density at radius 3 is 2.38 bits per heavy atom. The second-order valence-electron chi connectivity index (χ2n) is 6.36. The average Bonchev–Trinajstić information content (AvgIpc) is 2.72. The van der Waals surface area contributed by atoms with Gasteiger partial charge in [0.2, 0.25) is 5.91 Å². The topological polar surface area (TPSA) is 76.2 Å². The quantitative estimate of drug-likeness (QED) is 0.686. The highest BCUT2D eigenvalue weighted by atomic mass is 32.2. The van der Waals surface area contributed by atoms with Crippen molar-refractivity contribution in [1.82, 2.24) is 4.90 Å². The number of amides is 1. The molecule has 7 nitrogen and oxygen atoms in total. The highest BCUT2D eigenvalue weighted by Crippen LogP contribution is 2.34. The first-order valence-electron chi connectivity index (χ1n) is 9.32. The van der Waals surface area contributed by atoms with Gasteiger partial charge in [0.05, 0.1) is 10.6 Å². The summed E-state index contributed by atoms with van der Waals surface area (Å²) in [7, 11) is -4.17. The van der Waals surface area contributed by atoms with Crippen molar-refractivity contribution >= 4 is 21.6 Å². The maximum Gasteiger partial charge on any atom is 0.264 e. The number of halogens is 1. The molecule has 0 unspecified atom stereocenters. The van der Waals surface area contributed by atoms with E-state index in [1.807, 2.05) is 13.8 Å². The van der Waals surface area contributed by atoms with Gasteiger partial charge in [-0.15, -0.1) is 0 Å². The molecule has 0 bridgehead atoms. The summed E-state index contributed by atoms with van der Waals surface area (Å²) in [4.78, 5) is 14.1. The van der Waals surface area contributed by atoms with Crippen LogP contribution >= 0.6 is 0 Å². The van der Waals surface area contributed by atoms with E-state index >= 15 is 0 Å². The molecule has 1 amide bonds. The van der Waals surface area contributed by atoms with Crippen LogP contribution in [0.15, 0.2) is 47.4 Å². The van der Waals surface area contributed by atoms with E-state index in [0.717, 1.165) is 10.4 Å². The van der Waals surface area contributed by atoms with Crippen LogP contribution in [0.4, 0.5) is 10.1 Å². The molecule has 2 aromatic rings. The Bertz CT molecular complexity index is 992. The van der Waals surface area contributed by atoms with Gasteiger partial charge >= 0.3 is 0 Å². The van der Waals surface area contributed by atoms with E-state index in [4.69, 9.17) is 9.47 Å². The Hall–Kier alpha value is -2.81. The lowest BCUT2D eigenvalue weighted by Crippen LogP contribution is -2.43. The van der Waals surface area contributed by atoms with E-state index in [9.17, 15) is 17.6 Å². The van der Waals surface area contributed by atoms with Crippen LogP contribution in [0.2, 0.25) is 0 Å². The number of likely N-dealkylation sites (N-methyl/N-ethyl adjacent to an activating group) is 1. The molecular weight excluding hydrogens is 399 g/mol. The minimum atomic E-state index is -4.17. The number of carbonyl (C=O) groups excluding carboxylic acids is 1. The predicted molar refractivity (Wildman–Crippen MR) is 106 cm³/mol. The first-order chi connectivity index (χ1) is 13.9. The molecule has 0 saturated heterocycles. The number of anilines is 1. The Morgan fingerprint density at radius 2 is 1.72 bits per heavy atom. The van der Waals surface area contributed by atoms with Crippen LogP contribution in [-0.4, -0.2) is 52.1 Å². The van der Waals surface area contributed by atoms with Gasteiger partial charge in [-0.2, -0.15) is 0 Å². The molecule has 0 atom stereocenters. The van der Waals surface area contributed by atoms with Crippen molar-refractivity contribution in [3.8, 4) is 11.5 Å². The van der Waals surface area contributed by atoms with Crippen molar-refractivity contribution in [3.63, 3.8) is 0 Å². The molecule has 0 aliphatic carbocycles. The SMILES string of the molecule is CCN(CC)C(=O)CN(c1cccc(F)c1)S(=O)(=O)c1ccc2c(c1)OCCO2. The standard InChI is InChI=1S/C20H23FN2O5S/c1-3-22(4-2)20(24)14-23(16-7-5-6-15(21)12-16)29(25,26)17-8-9-18-19(13-17)28-11-10-27-18/h5-9,12-13H,3-4,10-11,14H2,1-2H3. The molecule has 9 heteroatoms. The molecule has 2 aromatic carbocycles. The zero-order valence-electron chi connectivity index (χ0n) is 16.3. The number of sulfonamides is 1. The van der Waals surface area contributed by atoms with Gasteiger partial charge in [0.15, 0.2) is 11.5 Å². The van der Waals surface area contributed by atoms with Crippen LogP contribution in [0.1, 0.15) is 13.8 Å².